The number of nitrogens with zero attached hydrogens (tertiary/aromatic N) is 1. The number of hydrogen-bond acceptors (Lipinski definition) is 5. The zero-order valence-corrected chi connectivity index (χ0v) is 16.9. The van der Waals surface area contributed by atoms with E-state index in [2.05, 4.69) is 15.6 Å². The predicted molar refractivity (Wildman–Crippen MR) is 115 cm³/mol. The van der Waals surface area contributed by atoms with E-state index in [4.69, 9.17) is 9.47 Å². The highest BCUT2D eigenvalue weighted by atomic mass is 16.5. The maximum Gasteiger partial charge on any atom is 0.255 e. The molecule has 2 N–H and O–H groups in total. The summed E-state index contributed by atoms with van der Waals surface area (Å²) in [6.45, 7) is 5.09. The molecule has 0 aliphatic carbocycles. The molecule has 0 unspecified atom stereocenters. The Bertz CT molecular complexity index is 971. The van der Waals surface area contributed by atoms with Crippen molar-refractivity contribution in [3.05, 3.63) is 77.5 Å². The van der Waals surface area contributed by atoms with Crippen LogP contribution in [-0.2, 0) is 0 Å². The van der Waals surface area contributed by atoms with Crippen molar-refractivity contribution in [1.82, 2.24) is 4.98 Å². The summed E-state index contributed by atoms with van der Waals surface area (Å²) >= 11 is 0. The molecule has 29 heavy (non-hydrogen) atoms. The lowest BCUT2D eigenvalue weighted by Gasteiger charge is -2.10. The summed E-state index contributed by atoms with van der Waals surface area (Å²) in [4.78, 5) is 16.8. The molecule has 3 rings (SSSR count). The lowest BCUT2D eigenvalue weighted by atomic mass is 10.1. The first kappa shape index (κ1) is 20.2. The van der Waals surface area contributed by atoms with Crippen LogP contribution in [0.4, 0.5) is 11.5 Å². The zero-order valence-electron chi connectivity index (χ0n) is 16.9. The smallest absolute Gasteiger partial charge is 0.255 e. The van der Waals surface area contributed by atoms with Crippen LogP contribution in [0.5, 0.6) is 11.5 Å². The van der Waals surface area contributed by atoms with E-state index in [0.717, 1.165) is 22.7 Å². The number of aryl methyl sites for hydroxylation is 2. The van der Waals surface area contributed by atoms with Crippen LogP contribution in [0.1, 0.15) is 21.5 Å². The highest BCUT2D eigenvalue weighted by Gasteiger charge is 2.08. The molecule has 150 valence electrons. The largest absolute Gasteiger partial charge is 0.497 e. The van der Waals surface area contributed by atoms with Crippen molar-refractivity contribution < 1.29 is 14.3 Å². The maximum atomic E-state index is 12.5. The predicted octanol–water partition coefficient (Wildman–Crippen LogP) is 4.45. The van der Waals surface area contributed by atoms with Crippen LogP contribution in [0.2, 0.25) is 0 Å². The van der Waals surface area contributed by atoms with Gasteiger partial charge >= 0.3 is 0 Å². The fourth-order valence-corrected chi connectivity index (χ4v) is 2.71. The van der Waals surface area contributed by atoms with Gasteiger partial charge in [-0.15, -0.1) is 0 Å². The third-order valence-electron chi connectivity index (χ3n) is 4.52. The third-order valence-corrected chi connectivity index (χ3v) is 4.52. The van der Waals surface area contributed by atoms with Gasteiger partial charge in [0.2, 0.25) is 0 Å². The van der Waals surface area contributed by atoms with Gasteiger partial charge in [0.15, 0.2) is 0 Å². The highest BCUT2D eigenvalue weighted by Crippen LogP contribution is 2.17. The van der Waals surface area contributed by atoms with Gasteiger partial charge in [-0.2, -0.15) is 0 Å². The van der Waals surface area contributed by atoms with Gasteiger partial charge in [-0.3, -0.25) is 4.79 Å². The van der Waals surface area contributed by atoms with Crippen LogP contribution >= 0.6 is 0 Å². The summed E-state index contributed by atoms with van der Waals surface area (Å²) < 4.78 is 10.8. The number of carbonyl (C=O) groups is 1. The molecule has 0 atom stereocenters. The summed E-state index contributed by atoms with van der Waals surface area (Å²) in [7, 11) is 1.63. The maximum absolute atomic E-state index is 12.5. The summed E-state index contributed by atoms with van der Waals surface area (Å²) in [5.41, 5.74) is 3.64. The minimum atomic E-state index is -0.173. The average molecular weight is 391 g/mol. The Kier molecular flexibility index (Phi) is 6.68. The first-order valence-corrected chi connectivity index (χ1v) is 9.40. The first-order valence-electron chi connectivity index (χ1n) is 9.40. The van der Waals surface area contributed by atoms with Crippen molar-refractivity contribution in [3.8, 4) is 11.5 Å². The fourth-order valence-electron chi connectivity index (χ4n) is 2.71. The molecule has 0 aliphatic rings. The average Bonchev–Trinajstić information content (AvgIpc) is 2.74. The number of rotatable bonds is 8. The van der Waals surface area contributed by atoms with Gasteiger partial charge in [0, 0.05) is 17.4 Å². The van der Waals surface area contributed by atoms with E-state index in [1.54, 1.807) is 25.4 Å². The highest BCUT2D eigenvalue weighted by molar-refractivity contribution is 6.04. The fraction of sp³-hybridized carbons (Fsp3) is 0.217. The lowest BCUT2D eigenvalue weighted by Crippen LogP contribution is -2.15. The summed E-state index contributed by atoms with van der Waals surface area (Å²) in [6.07, 6.45) is 1.61. The van der Waals surface area contributed by atoms with E-state index in [1.165, 1.54) is 5.56 Å². The van der Waals surface area contributed by atoms with Crippen LogP contribution in [0, 0.1) is 13.8 Å². The SMILES string of the molecule is COc1ccc(OCCNc2cc(C(=O)Nc3ccc(C)c(C)c3)ccn2)cc1. The summed E-state index contributed by atoms with van der Waals surface area (Å²) in [5.74, 6) is 2.00. The third kappa shape index (κ3) is 5.72. The Labute approximate surface area is 170 Å². The van der Waals surface area contributed by atoms with E-state index in [9.17, 15) is 4.79 Å². The molecular formula is C23H25N3O3. The Morgan fingerprint density at radius 1 is 0.966 bits per heavy atom. The van der Waals surface area contributed by atoms with Crippen molar-refractivity contribution in [3.63, 3.8) is 0 Å². The Morgan fingerprint density at radius 3 is 2.45 bits per heavy atom. The minimum absolute atomic E-state index is 0.173. The summed E-state index contributed by atoms with van der Waals surface area (Å²) in [6, 6.07) is 16.7. The van der Waals surface area contributed by atoms with Gasteiger partial charge < -0.3 is 20.1 Å². The van der Waals surface area contributed by atoms with Crippen molar-refractivity contribution in [2.75, 3.05) is 30.9 Å². The summed E-state index contributed by atoms with van der Waals surface area (Å²) in [5, 5.41) is 6.09. The quantitative estimate of drug-likeness (QED) is 0.555. The molecule has 0 fully saturated rings. The first-order chi connectivity index (χ1) is 14.0. The molecule has 2 aromatic carbocycles. The Hall–Kier alpha value is -3.54. The molecule has 0 radical (unpaired) electrons. The Morgan fingerprint density at radius 2 is 1.72 bits per heavy atom. The van der Waals surface area contributed by atoms with Crippen molar-refractivity contribution in [2.24, 2.45) is 0 Å². The number of aromatic nitrogens is 1. The molecule has 1 aromatic heterocycles. The van der Waals surface area contributed by atoms with Crippen LogP contribution < -0.4 is 20.1 Å². The van der Waals surface area contributed by atoms with Crippen LogP contribution in [0.15, 0.2) is 60.8 Å². The van der Waals surface area contributed by atoms with Gasteiger partial charge in [-0.25, -0.2) is 4.98 Å². The van der Waals surface area contributed by atoms with Crippen molar-refractivity contribution >= 4 is 17.4 Å². The number of carbonyl (C=O) groups excluding carboxylic acids is 1. The number of nitrogens with one attached hydrogen (secondary N) is 2. The molecule has 0 aliphatic heterocycles. The van der Waals surface area contributed by atoms with E-state index in [-0.39, 0.29) is 5.91 Å². The van der Waals surface area contributed by atoms with Gasteiger partial charge in [-0.05, 0) is 73.5 Å². The van der Waals surface area contributed by atoms with E-state index in [0.29, 0.717) is 24.5 Å². The van der Waals surface area contributed by atoms with E-state index in [1.807, 2.05) is 56.3 Å². The second-order valence-electron chi connectivity index (χ2n) is 6.63. The zero-order chi connectivity index (χ0) is 20.6. The molecule has 0 saturated carbocycles. The van der Waals surface area contributed by atoms with Crippen LogP contribution in [0.3, 0.4) is 0 Å². The second-order valence-corrected chi connectivity index (χ2v) is 6.63. The molecule has 6 nitrogen and oxygen atoms in total. The van der Waals surface area contributed by atoms with Gasteiger partial charge in [-0.1, -0.05) is 6.07 Å². The van der Waals surface area contributed by atoms with Crippen molar-refractivity contribution in [1.29, 1.82) is 0 Å². The molecule has 0 bridgehead atoms. The molecular weight excluding hydrogens is 366 g/mol. The number of benzene rings is 2. The number of methoxy groups -OCH3 is 1. The van der Waals surface area contributed by atoms with Crippen LogP contribution in [0.25, 0.3) is 0 Å². The minimum Gasteiger partial charge on any atom is -0.497 e. The van der Waals surface area contributed by atoms with Crippen molar-refractivity contribution in [2.45, 2.75) is 13.8 Å². The number of hydrogen-bond donors (Lipinski definition) is 2. The number of ether oxygens (including phenoxy) is 2. The molecule has 1 amide bonds. The lowest BCUT2D eigenvalue weighted by molar-refractivity contribution is 0.102. The second kappa shape index (κ2) is 9.59. The van der Waals surface area contributed by atoms with Crippen LogP contribution in [-0.4, -0.2) is 31.2 Å². The number of anilines is 2. The molecule has 1 heterocycles. The Balaban J connectivity index is 1.51. The van der Waals surface area contributed by atoms with Gasteiger partial charge in [0.25, 0.3) is 5.91 Å². The molecule has 0 saturated heterocycles. The van der Waals surface area contributed by atoms with E-state index < -0.39 is 0 Å². The van der Waals surface area contributed by atoms with Gasteiger partial charge in [0.1, 0.15) is 23.9 Å². The van der Waals surface area contributed by atoms with E-state index >= 15 is 0 Å². The van der Waals surface area contributed by atoms with Gasteiger partial charge in [0.05, 0.1) is 13.7 Å². The standard InChI is InChI=1S/C23H25N3O3/c1-16-4-5-19(14-17(16)2)26-23(27)18-10-11-24-22(15-18)25-12-13-29-21-8-6-20(28-3)7-9-21/h4-11,14-15H,12-13H2,1-3H3,(H,24,25)(H,26,27). The monoisotopic (exact) mass is 391 g/mol. The topological polar surface area (TPSA) is 72.5 Å². The number of amides is 1. The number of pyridine rings is 1. The normalized spacial score (nSPS) is 10.3. The molecule has 6 heteroatoms. The molecule has 0 spiro atoms. The molecule has 3 aromatic rings.